The molecule has 0 aliphatic heterocycles. The molecule has 0 radical (unpaired) electrons. The number of halogens is 2. The third-order valence-electron chi connectivity index (χ3n) is 3.91. The lowest BCUT2D eigenvalue weighted by Gasteiger charge is -2.27. The first-order chi connectivity index (χ1) is 10.00. The highest BCUT2D eigenvalue weighted by Crippen LogP contribution is 2.34. The van der Waals surface area contributed by atoms with Crippen LogP contribution in [0.5, 0.6) is 0 Å². The highest BCUT2D eigenvalue weighted by molar-refractivity contribution is 6.36. The molecule has 2 aromatic carbocycles. The van der Waals surface area contributed by atoms with E-state index in [2.05, 4.69) is 6.92 Å². The fourth-order valence-electron chi connectivity index (χ4n) is 2.62. The minimum Gasteiger partial charge on any atom is -0.385 e. The van der Waals surface area contributed by atoms with Crippen molar-refractivity contribution >= 4 is 23.2 Å². The SMILES string of the molecule is CCCC(O)(CC)c1ccc(-c2ccc(Cl)cc2Cl)cc1. The molecule has 2 rings (SSSR count). The summed E-state index contributed by atoms with van der Waals surface area (Å²) < 4.78 is 0. The van der Waals surface area contributed by atoms with Gasteiger partial charge in [0, 0.05) is 15.6 Å². The van der Waals surface area contributed by atoms with Gasteiger partial charge in [-0.25, -0.2) is 0 Å². The van der Waals surface area contributed by atoms with Gasteiger partial charge in [0.15, 0.2) is 0 Å². The van der Waals surface area contributed by atoms with Crippen LogP contribution in [0.4, 0.5) is 0 Å². The zero-order valence-corrected chi connectivity index (χ0v) is 13.9. The molecule has 1 N–H and O–H groups in total. The molecule has 3 heteroatoms. The first-order valence-corrected chi connectivity index (χ1v) is 8.04. The quantitative estimate of drug-likeness (QED) is 0.709. The Morgan fingerprint density at radius 3 is 2.19 bits per heavy atom. The molecule has 1 atom stereocenters. The molecular formula is C18H20Cl2O. The number of rotatable bonds is 5. The van der Waals surface area contributed by atoms with E-state index in [0.717, 1.165) is 29.5 Å². The van der Waals surface area contributed by atoms with Crippen molar-refractivity contribution in [2.75, 3.05) is 0 Å². The maximum Gasteiger partial charge on any atom is 0.0893 e. The second-order valence-electron chi connectivity index (χ2n) is 5.34. The highest BCUT2D eigenvalue weighted by Gasteiger charge is 2.25. The van der Waals surface area contributed by atoms with Gasteiger partial charge in [-0.15, -0.1) is 0 Å². The van der Waals surface area contributed by atoms with E-state index in [1.807, 2.05) is 43.3 Å². The van der Waals surface area contributed by atoms with E-state index in [1.165, 1.54) is 0 Å². The van der Waals surface area contributed by atoms with Gasteiger partial charge in [-0.3, -0.25) is 0 Å². The zero-order valence-electron chi connectivity index (χ0n) is 12.4. The second kappa shape index (κ2) is 6.83. The summed E-state index contributed by atoms with van der Waals surface area (Å²) in [6, 6.07) is 13.5. The molecular weight excluding hydrogens is 303 g/mol. The van der Waals surface area contributed by atoms with Gasteiger partial charge in [0.25, 0.3) is 0 Å². The summed E-state index contributed by atoms with van der Waals surface area (Å²) in [4.78, 5) is 0. The van der Waals surface area contributed by atoms with Gasteiger partial charge in [0.1, 0.15) is 0 Å². The molecule has 0 aliphatic rings. The van der Waals surface area contributed by atoms with Crippen LogP contribution in [0.15, 0.2) is 42.5 Å². The van der Waals surface area contributed by atoms with Crippen LogP contribution in [0.25, 0.3) is 11.1 Å². The second-order valence-corrected chi connectivity index (χ2v) is 6.18. The molecule has 1 unspecified atom stereocenters. The molecule has 112 valence electrons. The lowest BCUT2D eigenvalue weighted by molar-refractivity contribution is 0.0226. The van der Waals surface area contributed by atoms with Crippen molar-refractivity contribution in [2.24, 2.45) is 0 Å². The summed E-state index contributed by atoms with van der Waals surface area (Å²) in [5.41, 5.74) is 2.19. The summed E-state index contributed by atoms with van der Waals surface area (Å²) >= 11 is 12.2. The predicted octanol–water partition coefficient (Wildman–Crippen LogP) is 6.06. The Hall–Kier alpha value is -1.02. The molecule has 0 heterocycles. The monoisotopic (exact) mass is 322 g/mol. The van der Waals surface area contributed by atoms with Crippen LogP contribution in [0, 0.1) is 0 Å². The molecule has 0 fully saturated rings. The Balaban J connectivity index is 2.34. The Labute approximate surface area is 136 Å². The third-order valence-corrected chi connectivity index (χ3v) is 4.46. The van der Waals surface area contributed by atoms with E-state index >= 15 is 0 Å². The van der Waals surface area contributed by atoms with Crippen molar-refractivity contribution in [3.8, 4) is 11.1 Å². The molecule has 21 heavy (non-hydrogen) atoms. The normalized spacial score (nSPS) is 14.0. The van der Waals surface area contributed by atoms with Crippen molar-refractivity contribution in [3.05, 3.63) is 58.1 Å². The van der Waals surface area contributed by atoms with E-state index in [0.29, 0.717) is 16.5 Å². The maximum atomic E-state index is 10.7. The zero-order chi connectivity index (χ0) is 15.5. The van der Waals surface area contributed by atoms with Crippen LogP contribution in [0.3, 0.4) is 0 Å². The van der Waals surface area contributed by atoms with Crippen LogP contribution < -0.4 is 0 Å². The van der Waals surface area contributed by atoms with Gasteiger partial charge >= 0.3 is 0 Å². The van der Waals surface area contributed by atoms with Crippen LogP contribution >= 0.6 is 23.2 Å². The van der Waals surface area contributed by atoms with Crippen molar-refractivity contribution in [1.82, 2.24) is 0 Å². The van der Waals surface area contributed by atoms with E-state index in [-0.39, 0.29) is 0 Å². The minimum atomic E-state index is -0.739. The van der Waals surface area contributed by atoms with Gasteiger partial charge in [0.05, 0.1) is 5.60 Å². The number of hydrogen-bond acceptors (Lipinski definition) is 1. The summed E-state index contributed by atoms with van der Waals surface area (Å²) in [5, 5.41) is 12.0. The maximum absolute atomic E-state index is 10.7. The number of benzene rings is 2. The molecule has 0 bridgehead atoms. The molecule has 0 amide bonds. The predicted molar refractivity (Wildman–Crippen MR) is 91.0 cm³/mol. The summed E-state index contributed by atoms with van der Waals surface area (Å²) in [6.07, 6.45) is 2.43. The first kappa shape index (κ1) is 16.4. The van der Waals surface area contributed by atoms with Crippen LogP contribution in [-0.2, 0) is 5.60 Å². The Kier molecular flexibility index (Phi) is 5.32. The molecule has 2 aromatic rings. The van der Waals surface area contributed by atoms with E-state index < -0.39 is 5.60 Å². The molecule has 0 saturated carbocycles. The van der Waals surface area contributed by atoms with Gasteiger partial charge in [-0.05, 0) is 36.1 Å². The Morgan fingerprint density at radius 2 is 1.67 bits per heavy atom. The lowest BCUT2D eigenvalue weighted by Crippen LogP contribution is -2.24. The van der Waals surface area contributed by atoms with Gasteiger partial charge < -0.3 is 5.11 Å². The molecule has 0 aromatic heterocycles. The molecule has 0 saturated heterocycles. The van der Waals surface area contributed by atoms with Crippen molar-refractivity contribution in [2.45, 2.75) is 38.7 Å². The van der Waals surface area contributed by atoms with Gasteiger partial charge in [-0.1, -0.05) is 73.8 Å². The molecule has 0 spiro atoms. The minimum absolute atomic E-state index is 0.628. The van der Waals surface area contributed by atoms with Crippen LogP contribution in [-0.4, -0.2) is 5.11 Å². The van der Waals surface area contributed by atoms with Gasteiger partial charge in [-0.2, -0.15) is 0 Å². The van der Waals surface area contributed by atoms with E-state index in [1.54, 1.807) is 6.07 Å². The lowest BCUT2D eigenvalue weighted by atomic mass is 9.86. The Morgan fingerprint density at radius 1 is 1.00 bits per heavy atom. The highest BCUT2D eigenvalue weighted by atomic mass is 35.5. The summed E-state index contributed by atoms with van der Waals surface area (Å²) in [6.45, 7) is 4.10. The van der Waals surface area contributed by atoms with Gasteiger partial charge in [0.2, 0.25) is 0 Å². The summed E-state index contributed by atoms with van der Waals surface area (Å²) in [5.74, 6) is 0. The van der Waals surface area contributed by atoms with Crippen molar-refractivity contribution in [3.63, 3.8) is 0 Å². The van der Waals surface area contributed by atoms with E-state index in [9.17, 15) is 5.11 Å². The molecule has 1 nitrogen and oxygen atoms in total. The largest absolute Gasteiger partial charge is 0.385 e. The average molecular weight is 323 g/mol. The van der Waals surface area contributed by atoms with Crippen molar-refractivity contribution < 1.29 is 5.11 Å². The smallest absolute Gasteiger partial charge is 0.0893 e. The number of hydrogen-bond donors (Lipinski definition) is 1. The fourth-order valence-corrected chi connectivity index (χ4v) is 3.14. The topological polar surface area (TPSA) is 20.2 Å². The Bertz CT molecular complexity index is 607. The standard InChI is InChI=1S/C18H20Cl2O/c1-3-11-18(21,4-2)14-7-5-13(6-8-14)16-10-9-15(19)12-17(16)20/h5-10,12,21H,3-4,11H2,1-2H3. The molecule has 0 aliphatic carbocycles. The fraction of sp³-hybridized carbons (Fsp3) is 0.333. The van der Waals surface area contributed by atoms with Crippen LogP contribution in [0.2, 0.25) is 10.0 Å². The van der Waals surface area contributed by atoms with E-state index in [4.69, 9.17) is 23.2 Å². The van der Waals surface area contributed by atoms with Crippen LogP contribution in [0.1, 0.15) is 38.7 Å². The van der Waals surface area contributed by atoms with Crippen molar-refractivity contribution in [1.29, 1.82) is 0 Å². The number of aliphatic hydroxyl groups is 1. The third kappa shape index (κ3) is 3.60. The summed E-state index contributed by atoms with van der Waals surface area (Å²) in [7, 11) is 0. The first-order valence-electron chi connectivity index (χ1n) is 7.28. The average Bonchev–Trinajstić information content (AvgIpc) is 2.47.